The maximum Gasteiger partial charge on any atom is 0.294 e. The van der Waals surface area contributed by atoms with Crippen molar-refractivity contribution in [3.05, 3.63) is 53.7 Å². The molecule has 13 nitrogen and oxygen atoms in total. The minimum atomic E-state index is -0.595. The molecule has 1 aliphatic rings. The molecule has 13 heteroatoms. The van der Waals surface area contributed by atoms with Gasteiger partial charge in [-0.3, -0.25) is 4.79 Å². The van der Waals surface area contributed by atoms with Gasteiger partial charge in [-0.05, 0) is 65.3 Å². The van der Waals surface area contributed by atoms with Crippen molar-refractivity contribution in [2.75, 3.05) is 19.1 Å². The molecule has 2 aromatic carbocycles. The van der Waals surface area contributed by atoms with Crippen LogP contribution in [-0.2, 0) is 0 Å². The molecule has 172 valence electrons. The molecule has 0 atom stereocenters. The first-order valence-electron chi connectivity index (χ1n) is 10.1. The van der Waals surface area contributed by atoms with Crippen LogP contribution >= 0.6 is 0 Å². The number of carbonyl (C=O) groups is 1. The van der Waals surface area contributed by atoms with Crippen molar-refractivity contribution in [1.29, 1.82) is 0 Å². The Kier molecular flexibility index (Phi) is 5.48. The number of carbonyl (C=O) groups excluding carboxylic acids is 1. The van der Waals surface area contributed by atoms with Gasteiger partial charge in [0, 0.05) is 5.56 Å². The number of hydrogen-bond donors (Lipinski definition) is 2. The first-order chi connectivity index (χ1) is 16.6. The lowest BCUT2D eigenvalue weighted by atomic mass is 10.1. The summed E-state index contributed by atoms with van der Waals surface area (Å²) in [6.07, 6.45) is 1.47. The fraction of sp³-hybridized carbons (Fsp3) is 0.143. The number of nitrogen functional groups attached to an aromatic ring is 1. The van der Waals surface area contributed by atoms with Gasteiger partial charge in [-0.1, -0.05) is 5.21 Å². The third kappa shape index (κ3) is 3.97. The molecule has 0 saturated heterocycles. The Hall–Kier alpha value is -4.94. The van der Waals surface area contributed by atoms with Crippen molar-refractivity contribution in [3.8, 4) is 34.3 Å². The quantitative estimate of drug-likeness (QED) is 0.305. The summed E-state index contributed by atoms with van der Waals surface area (Å²) < 4.78 is 22.1. The average molecular weight is 462 g/mol. The maximum atomic E-state index is 13.0. The van der Waals surface area contributed by atoms with Crippen molar-refractivity contribution in [3.63, 3.8) is 0 Å². The van der Waals surface area contributed by atoms with E-state index in [2.05, 4.69) is 35.8 Å². The van der Waals surface area contributed by atoms with Gasteiger partial charge in [0.15, 0.2) is 17.2 Å². The summed E-state index contributed by atoms with van der Waals surface area (Å²) in [5.74, 6) is 1.42. The predicted octanol–water partition coefficient (Wildman–Crippen LogP) is 1.79. The molecule has 4 aromatic rings. The highest BCUT2D eigenvalue weighted by atomic mass is 16.7. The van der Waals surface area contributed by atoms with Gasteiger partial charge in [0.1, 0.15) is 11.4 Å². The fourth-order valence-corrected chi connectivity index (χ4v) is 3.27. The molecule has 3 heterocycles. The average Bonchev–Trinajstić information content (AvgIpc) is 3.58. The number of hydrogen-bond acceptors (Lipinski definition) is 11. The highest BCUT2D eigenvalue weighted by Crippen LogP contribution is 2.32. The van der Waals surface area contributed by atoms with Gasteiger partial charge in [-0.25, -0.2) is 10.1 Å². The van der Waals surface area contributed by atoms with E-state index in [1.54, 1.807) is 42.5 Å². The van der Waals surface area contributed by atoms with Crippen LogP contribution in [0.25, 0.3) is 17.1 Å². The SMILES string of the molecule is CCOc1ccc(-c2c(C(=O)N/N=C\c3ccc4c(c3)OCO4)nnn2-c2nonc2N)cc1. The van der Waals surface area contributed by atoms with Crippen molar-refractivity contribution in [1.82, 2.24) is 30.7 Å². The van der Waals surface area contributed by atoms with Crippen LogP contribution in [0.3, 0.4) is 0 Å². The molecule has 0 spiro atoms. The number of hydrazone groups is 1. The lowest BCUT2D eigenvalue weighted by Gasteiger charge is -2.07. The van der Waals surface area contributed by atoms with Crippen molar-refractivity contribution < 1.29 is 23.6 Å². The number of anilines is 1. The second-order valence-corrected chi connectivity index (χ2v) is 6.94. The second-order valence-electron chi connectivity index (χ2n) is 6.94. The Bertz CT molecular complexity index is 1360. The van der Waals surface area contributed by atoms with Crippen molar-refractivity contribution in [2.45, 2.75) is 6.92 Å². The molecule has 0 bridgehead atoms. The normalized spacial score (nSPS) is 12.3. The smallest absolute Gasteiger partial charge is 0.294 e. The predicted molar refractivity (Wildman–Crippen MR) is 118 cm³/mol. The zero-order valence-corrected chi connectivity index (χ0v) is 17.8. The van der Waals surface area contributed by atoms with Gasteiger partial charge in [0.05, 0.1) is 12.8 Å². The molecule has 0 saturated carbocycles. The van der Waals surface area contributed by atoms with Crippen LogP contribution in [0.15, 0.2) is 52.2 Å². The number of amides is 1. The molecule has 2 aromatic heterocycles. The molecule has 0 unspecified atom stereocenters. The summed E-state index contributed by atoms with van der Waals surface area (Å²) >= 11 is 0. The second kappa shape index (κ2) is 8.90. The largest absolute Gasteiger partial charge is 0.494 e. The van der Waals surface area contributed by atoms with E-state index in [4.69, 9.17) is 19.9 Å². The van der Waals surface area contributed by atoms with Gasteiger partial charge >= 0.3 is 0 Å². The molecular formula is C21H18N8O5. The van der Waals surface area contributed by atoms with Gasteiger partial charge in [0.2, 0.25) is 18.4 Å². The van der Waals surface area contributed by atoms with Crippen molar-refractivity contribution >= 4 is 17.9 Å². The first-order valence-corrected chi connectivity index (χ1v) is 10.1. The highest BCUT2D eigenvalue weighted by molar-refractivity contribution is 5.98. The van der Waals surface area contributed by atoms with E-state index in [1.807, 2.05) is 6.92 Å². The molecule has 34 heavy (non-hydrogen) atoms. The van der Waals surface area contributed by atoms with E-state index < -0.39 is 5.91 Å². The van der Waals surface area contributed by atoms with Crippen molar-refractivity contribution in [2.24, 2.45) is 5.10 Å². The Morgan fingerprint density at radius 1 is 1.21 bits per heavy atom. The number of nitrogens with two attached hydrogens (primary N) is 1. The summed E-state index contributed by atoms with van der Waals surface area (Å²) in [5.41, 5.74) is 9.93. The Morgan fingerprint density at radius 3 is 2.79 bits per heavy atom. The van der Waals surface area contributed by atoms with E-state index in [1.165, 1.54) is 10.9 Å². The number of ether oxygens (including phenoxy) is 3. The number of benzene rings is 2. The summed E-state index contributed by atoms with van der Waals surface area (Å²) in [6, 6.07) is 12.3. The Morgan fingerprint density at radius 2 is 2.03 bits per heavy atom. The summed E-state index contributed by atoms with van der Waals surface area (Å²) in [7, 11) is 0. The van der Waals surface area contributed by atoms with Crippen LogP contribution < -0.4 is 25.4 Å². The van der Waals surface area contributed by atoms with E-state index in [0.29, 0.717) is 40.7 Å². The van der Waals surface area contributed by atoms with Crippen LogP contribution in [0.1, 0.15) is 23.0 Å². The van der Waals surface area contributed by atoms with Crippen LogP contribution in [0.4, 0.5) is 5.82 Å². The standard InChI is InChI=1S/C21H18N8O5/c1-2-31-14-6-4-13(5-7-14)18-17(24-28-29(18)20-19(22)26-34-27-20)21(30)25-23-10-12-3-8-15-16(9-12)33-11-32-15/h3-10H,2,11H2,1H3,(H2,22,26)(H,25,30)/b23-10-. The Balaban J connectivity index is 1.44. The zero-order valence-electron chi connectivity index (χ0n) is 17.8. The minimum absolute atomic E-state index is 0.00519. The number of rotatable bonds is 7. The number of nitrogens with one attached hydrogen (secondary N) is 1. The fourth-order valence-electron chi connectivity index (χ4n) is 3.27. The topological polar surface area (TPSA) is 165 Å². The minimum Gasteiger partial charge on any atom is -0.494 e. The van der Waals surface area contributed by atoms with E-state index in [9.17, 15) is 4.79 Å². The van der Waals surface area contributed by atoms with Crippen LogP contribution in [0.5, 0.6) is 17.2 Å². The molecular weight excluding hydrogens is 444 g/mol. The monoisotopic (exact) mass is 462 g/mol. The van der Waals surface area contributed by atoms with E-state index in [-0.39, 0.29) is 24.1 Å². The number of fused-ring (bicyclic) bond motifs is 1. The van der Waals surface area contributed by atoms with Gasteiger partial charge in [-0.15, -0.1) is 5.10 Å². The van der Waals surface area contributed by atoms with E-state index >= 15 is 0 Å². The highest BCUT2D eigenvalue weighted by Gasteiger charge is 2.25. The Labute approximate surface area is 192 Å². The molecule has 1 amide bonds. The molecule has 0 aliphatic carbocycles. The van der Waals surface area contributed by atoms with Gasteiger partial charge in [-0.2, -0.15) is 9.78 Å². The van der Waals surface area contributed by atoms with Crippen LogP contribution in [-0.4, -0.2) is 50.8 Å². The maximum absolute atomic E-state index is 13.0. The third-order valence-corrected chi connectivity index (χ3v) is 4.80. The van der Waals surface area contributed by atoms with E-state index in [0.717, 1.165) is 0 Å². The molecule has 1 aliphatic heterocycles. The zero-order chi connectivity index (χ0) is 23.5. The number of nitrogens with zero attached hydrogens (tertiary/aromatic N) is 6. The molecule has 0 fully saturated rings. The van der Waals surface area contributed by atoms with Crippen LogP contribution in [0, 0.1) is 0 Å². The van der Waals surface area contributed by atoms with Gasteiger partial charge < -0.3 is 19.9 Å². The first kappa shape index (κ1) is 20.9. The third-order valence-electron chi connectivity index (χ3n) is 4.80. The molecule has 5 rings (SSSR count). The molecule has 3 N–H and O–H groups in total. The molecule has 0 radical (unpaired) electrons. The lowest BCUT2D eigenvalue weighted by Crippen LogP contribution is -2.19. The number of aromatic nitrogens is 5. The summed E-state index contributed by atoms with van der Waals surface area (Å²) in [5, 5.41) is 19.4. The van der Waals surface area contributed by atoms with Gasteiger partial charge in [0.25, 0.3) is 5.91 Å². The van der Waals surface area contributed by atoms with Crippen LogP contribution in [0.2, 0.25) is 0 Å². The summed E-state index contributed by atoms with van der Waals surface area (Å²) in [4.78, 5) is 13.0. The lowest BCUT2D eigenvalue weighted by molar-refractivity contribution is 0.0950. The summed E-state index contributed by atoms with van der Waals surface area (Å²) in [6.45, 7) is 2.58.